The van der Waals surface area contributed by atoms with Crippen molar-refractivity contribution in [2.45, 2.75) is 18.9 Å². The Morgan fingerprint density at radius 1 is 1.30 bits per heavy atom. The standard InChI is InChI=1S/C16H18ClN3/c17-15-9-19-8-6-13(15)11-20-10-12(5-7-18)14-3-1-2-4-16(14)20/h1-4,6,8-9,12H,5,7,10-11,18H2. The molecular formula is C16H18ClN3. The number of anilines is 1. The van der Waals surface area contributed by atoms with E-state index in [1.165, 1.54) is 11.3 Å². The van der Waals surface area contributed by atoms with Crippen LogP contribution in [0.1, 0.15) is 23.5 Å². The number of nitrogens with two attached hydrogens (primary N) is 1. The molecule has 4 heteroatoms. The van der Waals surface area contributed by atoms with Crippen molar-refractivity contribution < 1.29 is 0 Å². The van der Waals surface area contributed by atoms with Crippen LogP contribution in [-0.2, 0) is 6.54 Å². The van der Waals surface area contributed by atoms with Gasteiger partial charge in [-0.1, -0.05) is 29.8 Å². The number of nitrogens with zero attached hydrogens (tertiary/aromatic N) is 2. The molecule has 1 atom stereocenters. The van der Waals surface area contributed by atoms with Gasteiger partial charge in [0.2, 0.25) is 0 Å². The summed E-state index contributed by atoms with van der Waals surface area (Å²) in [5, 5.41) is 0.729. The van der Waals surface area contributed by atoms with Crippen LogP contribution in [-0.4, -0.2) is 18.1 Å². The Bertz CT molecular complexity index is 600. The van der Waals surface area contributed by atoms with E-state index in [1.54, 1.807) is 12.4 Å². The van der Waals surface area contributed by atoms with Crippen molar-refractivity contribution in [2.24, 2.45) is 5.73 Å². The predicted molar refractivity (Wildman–Crippen MR) is 83.2 cm³/mol. The van der Waals surface area contributed by atoms with E-state index in [1.807, 2.05) is 6.07 Å². The molecule has 1 unspecified atom stereocenters. The normalized spacial score (nSPS) is 17.3. The summed E-state index contributed by atoms with van der Waals surface area (Å²) in [7, 11) is 0. The van der Waals surface area contributed by atoms with Crippen molar-refractivity contribution in [3.05, 3.63) is 58.9 Å². The average Bonchev–Trinajstić information content (AvgIpc) is 2.81. The van der Waals surface area contributed by atoms with Gasteiger partial charge in [0.25, 0.3) is 0 Å². The maximum Gasteiger partial charge on any atom is 0.0639 e. The highest BCUT2D eigenvalue weighted by atomic mass is 35.5. The van der Waals surface area contributed by atoms with Crippen LogP contribution >= 0.6 is 11.6 Å². The summed E-state index contributed by atoms with van der Waals surface area (Å²) >= 11 is 6.22. The van der Waals surface area contributed by atoms with Crippen LogP contribution in [0.4, 0.5) is 5.69 Å². The molecule has 0 saturated carbocycles. The van der Waals surface area contributed by atoms with Gasteiger partial charge in [0.15, 0.2) is 0 Å². The number of pyridine rings is 1. The summed E-state index contributed by atoms with van der Waals surface area (Å²) in [5.74, 6) is 0.525. The van der Waals surface area contributed by atoms with Gasteiger partial charge in [-0.25, -0.2) is 0 Å². The first-order valence-corrected chi connectivity index (χ1v) is 7.29. The van der Waals surface area contributed by atoms with E-state index in [4.69, 9.17) is 17.3 Å². The monoisotopic (exact) mass is 287 g/mol. The minimum Gasteiger partial charge on any atom is -0.366 e. The molecule has 0 spiro atoms. The Labute approximate surface area is 124 Å². The van der Waals surface area contributed by atoms with Crippen molar-refractivity contribution in [3.8, 4) is 0 Å². The third-order valence-corrected chi connectivity index (χ3v) is 4.23. The molecule has 0 fully saturated rings. The topological polar surface area (TPSA) is 42.1 Å². The quantitative estimate of drug-likeness (QED) is 0.939. The molecule has 0 aliphatic carbocycles. The molecule has 2 N–H and O–H groups in total. The van der Waals surface area contributed by atoms with Gasteiger partial charge in [0, 0.05) is 37.1 Å². The van der Waals surface area contributed by atoms with Gasteiger partial charge >= 0.3 is 0 Å². The molecule has 2 heterocycles. The predicted octanol–water partition coefficient (Wildman–Crippen LogP) is 3.19. The van der Waals surface area contributed by atoms with Crippen molar-refractivity contribution in [1.29, 1.82) is 0 Å². The zero-order valence-electron chi connectivity index (χ0n) is 11.3. The summed E-state index contributed by atoms with van der Waals surface area (Å²) in [5.41, 5.74) is 9.57. The fraction of sp³-hybridized carbons (Fsp3) is 0.312. The Hall–Kier alpha value is -1.58. The van der Waals surface area contributed by atoms with Crippen LogP contribution in [0.25, 0.3) is 0 Å². The third-order valence-electron chi connectivity index (χ3n) is 3.89. The van der Waals surface area contributed by atoms with Gasteiger partial charge in [-0.2, -0.15) is 0 Å². The molecule has 104 valence electrons. The van der Waals surface area contributed by atoms with Crippen molar-refractivity contribution in [1.82, 2.24) is 4.98 Å². The van der Waals surface area contributed by atoms with Crippen LogP contribution in [0.15, 0.2) is 42.7 Å². The maximum absolute atomic E-state index is 6.22. The zero-order valence-corrected chi connectivity index (χ0v) is 12.1. The number of hydrogen-bond donors (Lipinski definition) is 1. The highest BCUT2D eigenvalue weighted by Gasteiger charge is 2.27. The number of aromatic nitrogens is 1. The molecule has 0 radical (unpaired) electrons. The molecular weight excluding hydrogens is 270 g/mol. The van der Waals surface area contributed by atoms with Crippen LogP contribution in [0.5, 0.6) is 0 Å². The third kappa shape index (κ3) is 2.51. The molecule has 0 saturated heterocycles. The summed E-state index contributed by atoms with van der Waals surface area (Å²) in [6, 6.07) is 10.6. The molecule has 1 aliphatic heterocycles. The van der Waals surface area contributed by atoms with Gasteiger partial charge in [-0.3, -0.25) is 4.98 Å². The van der Waals surface area contributed by atoms with Crippen LogP contribution in [0.2, 0.25) is 5.02 Å². The fourth-order valence-corrected chi connectivity index (χ4v) is 3.10. The zero-order chi connectivity index (χ0) is 13.9. The van der Waals surface area contributed by atoms with Crippen LogP contribution in [0, 0.1) is 0 Å². The van der Waals surface area contributed by atoms with E-state index in [0.29, 0.717) is 5.92 Å². The lowest BCUT2D eigenvalue weighted by Gasteiger charge is -2.20. The Balaban J connectivity index is 1.87. The molecule has 1 aliphatic rings. The second-order valence-electron chi connectivity index (χ2n) is 5.18. The van der Waals surface area contributed by atoms with E-state index >= 15 is 0 Å². The average molecular weight is 288 g/mol. The van der Waals surface area contributed by atoms with Crippen LogP contribution in [0.3, 0.4) is 0 Å². The van der Waals surface area contributed by atoms with E-state index in [2.05, 4.69) is 34.1 Å². The number of para-hydroxylation sites is 1. The number of fused-ring (bicyclic) bond motifs is 1. The van der Waals surface area contributed by atoms with E-state index in [9.17, 15) is 0 Å². The Morgan fingerprint density at radius 2 is 2.15 bits per heavy atom. The minimum atomic E-state index is 0.525. The summed E-state index contributed by atoms with van der Waals surface area (Å²) in [6.45, 7) is 2.55. The highest BCUT2D eigenvalue weighted by Crippen LogP contribution is 2.38. The Morgan fingerprint density at radius 3 is 2.95 bits per heavy atom. The second kappa shape index (κ2) is 5.81. The minimum absolute atomic E-state index is 0.525. The molecule has 1 aromatic carbocycles. The molecule has 0 amide bonds. The molecule has 20 heavy (non-hydrogen) atoms. The number of halogens is 1. The first-order valence-electron chi connectivity index (χ1n) is 6.92. The second-order valence-corrected chi connectivity index (χ2v) is 5.59. The highest BCUT2D eigenvalue weighted by molar-refractivity contribution is 6.31. The summed E-state index contributed by atoms with van der Waals surface area (Å²) < 4.78 is 0. The molecule has 2 aromatic rings. The lowest BCUT2D eigenvalue weighted by Crippen LogP contribution is -2.22. The van der Waals surface area contributed by atoms with Gasteiger partial charge in [0.1, 0.15) is 0 Å². The van der Waals surface area contributed by atoms with Gasteiger partial charge in [-0.15, -0.1) is 0 Å². The van der Waals surface area contributed by atoms with Crippen LogP contribution < -0.4 is 10.6 Å². The van der Waals surface area contributed by atoms with E-state index in [0.717, 1.165) is 36.6 Å². The molecule has 3 rings (SSSR count). The van der Waals surface area contributed by atoms with Gasteiger partial charge in [0.05, 0.1) is 5.02 Å². The van der Waals surface area contributed by atoms with E-state index < -0.39 is 0 Å². The maximum atomic E-state index is 6.22. The summed E-state index contributed by atoms with van der Waals surface area (Å²) in [6.07, 6.45) is 4.52. The van der Waals surface area contributed by atoms with Gasteiger partial charge < -0.3 is 10.6 Å². The lowest BCUT2D eigenvalue weighted by molar-refractivity contribution is 0.644. The largest absolute Gasteiger partial charge is 0.366 e. The summed E-state index contributed by atoms with van der Waals surface area (Å²) in [4.78, 5) is 6.43. The van der Waals surface area contributed by atoms with Gasteiger partial charge in [-0.05, 0) is 36.2 Å². The number of benzene rings is 1. The van der Waals surface area contributed by atoms with Crippen molar-refractivity contribution in [2.75, 3.05) is 18.0 Å². The smallest absolute Gasteiger partial charge is 0.0639 e. The lowest BCUT2D eigenvalue weighted by atomic mass is 9.98. The molecule has 1 aromatic heterocycles. The molecule has 3 nitrogen and oxygen atoms in total. The van der Waals surface area contributed by atoms with Crippen molar-refractivity contribution in [3.63, 3.8) is 0 Å². The first kappa shape index (κ1) is 13.4. The number of hydrogen-bond acceptors (Lipinski definition) is 3. The fourth-order valence-electron chi connectivity index (χ4n) is 2.92. The van der Waals surface area contributed by atoms with E-state index in [-0.39, 0.29) is 0 Å². The Kier molecular flexibility index (Phi) is 3.90. The SMILES string of the molecule is NCCC1CN(Cc2ccncc2Cl)c2ccccc21. The molecule has 0 bridgehead atoms. The number of rotatable bonds is 4. The van der Waals surface area contributed by atoms with Crippen molar-refractivity contribution >= 4 is 17.3 Å². The first-order chi connectivity index (χ1) is 9.79.